The van der Waals surface area contributed by atoms with Crippen molar-refractivity contribution in [3.05, 3.63) is 23.1 Å². The van der Waals surface area contributed by atoms with E-state index in [0.717, 1.165) is 17.0 Å². The van der Waals surface area contributed by atoms with E-state index in [1.165, 1.54) is 12.8 Å². The van der Waals surface area contributed by atoms with Crippen molar-refractivity contribution in [2.45, 2.75) is 25.8 Å². The van der Waals surface area contributed by atoms with Crippen LogP contribution >= 0.6 is 11.6 Å². The predicted molar refractivity (Wildman–Crippen MR) is 55.5 cm³/mol. The van der Waals surface area contributed by atoms with Crippen LogP contribution in [0.25, 0.3) is 11.2 Å². The Hall–Kier alpha value is -1.09. The van der Waals surface area contributed by atoms with Crippen molar-refractivity contribution >= 4 is 22.8 Å². The van der Waals surface area contributed by atoms with Gasteiger partial charge in [-0.3, -0.25) is 0 Å². The minimum absolute atomic E-state index is 0.541. The van der Waals surface area contributed by atoms with Gasteiger partial charge in [-0.05, 0) is 31.9 Å². The molecule has 0 aromatic carbocycles. The smallest absolute Gasteiger partial charge is 0.161 e. The number of fused-ring (bicyclic) bond motifs is 1. The largest absolute Gasteiger partial charge is 0.310 e. The fourth-order valence-corrected chi connectivity index (χ4v) is 1.98. The van der Waals surface area contributed by atoms with Gasteiger partial charge in [0.25, 0.3) is 0 Å². The molecule has 1 aliphatic rings. The predicted octanol–water partition coefficient (Wildman–Crippen LogP) is 2.73. The molecule has 0 atom stereocenters. The Bertz CT molecular complexity index is 499. The van der Waals surface area contributed by atoms with E-state index in [0.29, 0.717) is 11.2 Å². The molecule has 4 heteroatoms. The molecule has 0 saturated heterocycles. The molecule has 1 saturated carbocycles. The van der Waals surface area contributed by atoms with Crippen LogP contribution in [0.1, 0.15) is 24.7 Å². The van der Waals surface area contributed by atoms with E-state index < -0.39 is 0 Å². The summed E-state index contributed by atoms with van der Waals surface area (Å²) in [6.07, 6.45) is 2.47. The number of aromatic nitrogens is 3. The van der Waals surface area contributed by atoms with E-state index in [1.54, 1.807) is 6.07 Å². The van der Waals surface area contributed by atoms with Gasteiger partial charge in [-0.25, -0.2) is 9.97 Å². The van der Waals surface area contributed by atoms with Crippen LogP contribution in [-0.4, -0.2) is 14.5 Å². The third-order valence-electron chi connectivity index (χ3n) is 2.59. The van der Waals surface area contributed by atoms with Gasteiger partial charge >= 0.3 is 0 Å². The van der Waals surface area contributed by atoms with Crippen LogP contribution in [-0.2, 0) is 0 Å². The van der Waals surface area contributed by atoms with Gasteiger partial charge in [0.15, 0.2) is 5.65 Å². The van der Waals surface area contributed by atoms with Crippen LogP contribution in [0.15, 0.2) is 12.1 Å². The Morgan fingerprint density at radius 3 is 2.86 bits per heavy atom. The van der Waals surface area contributed by atoms with Gasteiger partial charge in [0.1, 0.15) is 16.5 Å². The average molecular weight is 208 g/mol. The van der Waals surface area contributed by atoms with Crippen LogP contribution in [0.4, 0.5) is 0 Å². The fraction of sp³-hybridized carbons (Fsp3) is 0.400. The molecule has 0 unspecified atom stereocenters. The maximum atomic E-state index is 5.87. The van der Waals surface area contributed by atoms with Crippen molar-refractivity contribution in [1.29, 1.82) is 0 Å². The van der Waals surface area contributed by atoms with E-state index in [1.807, 2.05) is 13.0 Å². The Morgan fingerprint density at radius 2 is 2.14 bits per heavy atom. The van der Waals surface area contributed by atoms with Crippen molar-refractivity contribution < 1.29 is 0 Å². The lowest BCUT2D eigenvalue weighted by Crippen LogP contribution is -1.97. The number of aryl methyl sites for hydroxylation is 1. The minimum atomic E-state index is 0.541. The highest BCUT2D eigenvalue weighted by atomic mass is 35.5. The van der Waals surface area contributed by atoms with E-state index in [9.17, 15) is 0 Å². The summed E-state index contributed by atoms with van der Waals surface area (Å²) in [5, 5.41) is 0.541. The molecule has 0 spiro atoms. The van der Waals surface area contributed by atoms with Crippen LogP contribution in [0.3, 0.4) is 0 Å². The standard InChI is InChI=1S/C10H10ClN3/c1-6-12-8-4-5-9(11)13-10(8)14(6)7-2-3-7/h4-5,7H,2-3H2,1H3. The summed E-state index contributed by atoms with van der Waals surface area (Å²) < 4.78 is 2.20. The second-order valence-corrected chi connectivity index (χ2v) is 4.12. The first-order valence-corrected chi connectivity index (χ1v) is 5.14. The number of rotatable bonds is 1. The van der Waals surface area contributed by atoms with E-state index in [4.69, 9.17) is 11.6 Å². The molecule has 14 heavy (non-hydrogen) atoms. The van der Waals surface area contributed by atoms with Gasteiger partial charge < -0.3 is 4.57 Å². The summed E-state index contributed by atoms with van der Waals surface area (Å²) in [4.78, 5) is 8.78. The van der Waals surface area contributed by atoms with Gasteiger partial charge in [0.05, 0.1) is 0 Å². The summed E-state index contributed by atoms with van der Waals surface area (Å²) >= 11 is 5.87. The zero-order valence-corrected chi connectivity index (χ0v) is 8.62. The highest BCUT2D eigenvalue weighted by molar-refractivity contribution is 6.29. The Labute approximate surface area is 86.7 Å². The molecule has 1 fully saturated rings. The zero-order chi connectivity index (χ0) is 9.71. The van der Waals surface area contributed by atoms with Crippen molar-refractivity contribution in [3.63, 3.8) is 0 Å². The Kier molecular flexibility index (Phi) is 1.59. The van der Waals surface area contributed by atoms with Gasteiger partial charge in [0.2, 0.25) is 0 Å². The summed E-state index contributed by atoms with van der Waals surface area (Å²) in [5.74, 6) is 1.04. The highest BCUT2D eigenvalue weighted by Crippen LogP contribution is 2.38. The molecule has 3 rings (SSSR count). The second kappa shape index (κ2) is 2.70. The maximum Gasteiger partial charge on any atom is 0.161 e. The summed E-state index contributed by atoms with van der Waals surface area (Å²) in [7, 11) is 0. The molecule has 0 amide bonds. The Balaban J connectivity index is 2.34. The Morgan fingerprint density at radius 1 is 1.36 bits per heavy atom. The van der Waals surface area contributed by atoms with Crippen molar-refractivity contribution in [1.82, 2.24) is 14.5 Å². The van der Waals surface area contributed by atoms with E-state index >= 15 is 0 Å². The topological polar surface area (TPSA) is 30.7 Å². The lowest BCUT2D eigenvalue weighted by Gasteiger charge is -2.02. The maximum absolute atomic E-state index is 5.87. The number of nitrogens with zero attached hydrogens (tertiary/aromatic N) is 3. The number of pyridine rings is 1. The second-order valence-electron chi connectivity index (χ2n) is 3.74. The molecular weight excluding hydrogens is 198 g/mol. The molecule has 0 aliphatic heterocycles. The molecule has 72 valence electrons. The van der Waals surface area contributed by atoms with Gasteiger partial charge in [-0.2, -0.15) is 0 Å². The fourth-order valence-electron chi connectivity index (χ4n) is 1.83. The third-order valence-corrected chi connectivity index (χ3v) is 2.80. The number of imidazole rings is 1. The first-order valence-electron chi connectivity index (χ1n) is 4.77. The van der Waals surface area contributed by atoms with Crippen molar-refractivity contribution in [3.8, 4) is 0 Å². The van der Waals surface area contributed by atoms with Crippen LogP contribution in [0, 0.1) is 6.92 Å². The molecule has 1 aliphatic carbocycles. The van der Waals surface area contributed by atoms with Gasteiger partial charge in [-0.1, -0.05) is 11.6 Å². The molecule has 0 N–H and O–H groups in total. The van der Waals surface area contributed by atoms with E-state index in [-0.39, 0.29) is 0 Å². The third kappa shape index (κ3) is 1.12. The lowest BCUT2D eigenvalue weighted by molar-refractivity contribution is 0.726. The van der Waals surface area contributed by atoms with Crippen molar-refractivity contribution in [2.75, 3.05) is 0 Å². The summed E-state index contributed by atoms with van der Waals surface area (Å²) in [6, 6.07) is 4.32. The molecule has 2 heterocycles. The number of halogens is 1. The average Bonchev–Trinajstić information content (AvgIpc) is 2.90. The highest BCUT2D eigenvalue weighted by Gasteiger charge is 2.27. The monoisotopic (exact) mass is 207 g/mol. The van der Waals surface area contributed by atoms with Crippen LogP contribution < -0.4 is 0 Å². The van der Waals surface area contributed by atoms with Crippen LogP contribution in [0.5, 0.6) is 0 Å². The quantitative estimate of drug-likeness (QED) is 0.674. The number of hydrogen-bond acceptors (Lipinski definition) is 2. The van der Waals surface area contributed by atoms with Crippen LogP contribution in [0.2, 0.25) is 5.15 Å². The number of hydrogen-bond donors (Lipinski definition) is 0. The first kappa shape index (κ1) is 8.24. The van der Waals surface area contributed by atoms with Crippen molar-refractivity contribution in [2.24, 2.45) is 0 Å². The first-order chi connectivity index (χ1) is 6.75. The molecule has 3 nitrogen and oxygen atoms in total. The normalized spacial score (nSPS) is 16.4. The zero-order valence-electron chi connectivity index (χ0n) is 7.87. The lowest BCUT2D eigenvalue weighted by atomic mass is 10.4. The molecule has 0 bridgehead atoms. The molecule has 0 radical (unpaired) electrons. The van der Waals surface area contributed by atoms with E-state index in [2.05, 4.69) is 14.5 Å². The molecular formula is C10H10ClN3. The SMILES string of the molecule is Cc1nc2ccc(Cl)nc2n1C1CC1. The minimum Gasteiger partial charge on any atom is -0.310 e. The summed E-state index contributed by atoms with van der Waals surface area (Å²) in [5.41, 5.74) is 1.87. The van der Waals surface area contributed by atoms with Gasteiger partial charge in [0, 0.05) is 6.04 Å². The summed E-state index contributed by atoms with van der Waals surface area (Å²) in [6.45, 7) is 2.02. The molecule has 2 aromatic heterocycles. The molecule has 2 aromatic rings. The van der Waals surface area contributed by atoms with Gasteiger partial charge in [-0.15, -0.1) is 0 Å².